The zero-order valence-corrected chi connectivity index (χ0v) is 9.47. The molecule has 0 amide bonds. The molecule has 4 nitrogen and oxygen atoms in total. The number of hydrogen-bond donors (Lipinski definition) is 1. The average Bonchev–Trinajstić information content (AvgIpc) is 2.33. The van der Waals surface area contributed by atoms with Crippen molar-refractivity contribution >= 4 is 17.5 Å². The maximum atomic E-state index is 13.7. The number of anilines is 3. The lowest BCUT2D eigenvalue weighted by Gasteiger charge is -2.22. The summed E-state index contributed by atoms with van der Waals surface area (Å²) in [6, 6.07) is 8.26. The summed E-state index contributed by atoms with van der Waals surface area (Å²) in [4.78, 5) is 9.65. The molecule has 0 aliphatic heterocycles. The number of rotatable bonds is 3. The standard InChI is InChI=1S/C12H13FN4/c1-2-17(10-6-4-3-5-9(10)13)11-7-8-15-12(14)16-11/h3-8H,2H2,1H3,(H2,14,15,16). The second-order valence-electron chi connectivity index (χ2n) is 3.47. The molecule has 0 aliphatic rings. The zero-order chi connectivity index (χ0) is 12.3. The molecule has 0 saturated carbocycles. The molecule has 0 unspecified atom stereocenters. The Morgan fingerprint density at radius 3 is 2.71 bits per heavy atom. The van der Waals surface area contributed by atoms with Crippen LogP contribution in [0, 0.1) is 5.82 Å². The first kappa shape index (κ1) is 11.3. The van der Waals surface area contributed by atoms with Gasteiger partial charge in [0.15, 0.2) is 0 Å². The first-order chi connectivity index (χ1) is 8.22. The van der Waals surface area contributed by atoms with E-state index < -0.39 is 0 Å². The maximum absolute atomic E-state index is 13.7. The summed E-state index contributed by atoms with van der Waals surface area (Å²) in [5, 5.41) is 0. The summed E-state index contributed by atoms with van der Waals surface area (Å²) in [7, 11) is 0. The molecule has 1 heterocycles. The van der Waals surface area contributed by atoms with E-state index in [4.69, 9.17) is 5.73 Å². The van der Waals surface area contributed by atoms with Crippen LogP contribution < -0.4 is 10.6 Å². The molecule has 2 N–H and O–H groups in total. The van der Waals surface area contributed by atoms with Crippen molar-refractivity contribution in [3.63, 3.8) is 0 Å². The minimum Gasteiger partial charge on any atom is -0.368 e. The van der Waals surface area contributed by atoms with Crippen molar-refractivity contribution in [2.45, 2.75) is 6.92 Å². The highest BCUT2D eigenvalue weighted by molar-refractivity contribution is 5.60. The van der Waals surface area contributed by atoms with Gasteiger partial charge in [-0.2, -0.15) is 4.98 Å². The number of benzene rings is 1. The van der Waals surface area contributed by atoms with Crippen molar-refractivity contribution in [3.8, 4) is 0 Å². The third kappa shape index (κ3) is 2.33. The van der Waals surface area contributed by atoms with Crippen LogP contribution in [0.3, 0.4) is 0 Å². The number of aromatic nitrogens is 2. The first-order valence-corrected chi connectivity index (χ1v) is 5.33. The van der Waals surface area contributed by atoms with Gasteiger partial charge in [0.2, 0.25) is 5.95 Å². The fourth-order valence-corrected chi connectivity index (χ4v) is 1.64. The number of hydrogen-bond acceptors (Lipinski definition) is 4. The van der Waals surface area contributed by atoms with Gasteiger partial charge in [0.1, 0.15) is 11.6 Å². The second kappa shape index (κ2) is 4.78. The number of halogens is 1. The Hall–Kier alpha value is -2.17. The van der Waals surface area contributed by atoms with Crippen LogP contribution in [-0.4, -0.2) is 16.5 Å². The van der Waals surface area contributed by atoms with Crippen LogP contribution >= 0.6 is 0 Å². The molecule has 0 saturated heterocycles. The highest BCUT2D eigenvalue weighted by Crippen LogP contribution is 2.25. The highest BCUT2D eigenvalue weighted by Gasteiger charge is 2.12. The lowest BCUT2D eigenvalue weighted by molar-refractivity contribution is 0.625. The van der Waals surface area contributed by atoms with Gasteiger partial charge < -0.3 is 10.6 Å². The second-order valence-corrected chi connectivity index (χ2v) is 3.47. The van der Waals surface area contributed by atoms with Crippen LogP contribution in [0.15, 0.2) is 36.5 Å². The zero-order valence-electron chi connectivity index (χ0n) is 9.47. The number of nitrogens with two attached hydrogens (primary N) is 1. The Kier molecular flexibility index (Phi) is 3.18. The Morgan fingerprint density at radius 1 is 1.29 bits per heavy atom. The average molecular weight is 232 g/mol. The summed E-state index contributed by atoms with van der Waals surface area (Å²) < 4.78 is 13.7. The lowest BCUT2D eigenvalue weighted by atomic mass is 10.2. The highest BCUT2D eigenvalue weighted by atomic mass is 19.1. The van der Waals surface area contributed by atoms with Crippen LogP contribution in [0.25, 0.3) is 0 Å². The van der Waals surface area contributed by atoms with Crippen molar-refractivity contribution in [2.24, 2.45) is 0 Å². The summed E-state index contributed by atoms with van der Waals surface area (Å²) in [5.41, 5.74) is 6.00. The summed E-state index contributed by atoms with van der Waals surface area (Å²) in [5.74, 6) is 0.480. The van der Waals surface area contributed by atoms with Gasteiger partial charge in [-0.05, 0) is 25.1 Å². The van der Waals surface area contributed by atoms with E-state index in [0.717, 1.165) is 0 Å². The van der Waals surface area contributed by atoms with E-state index in [-0.39, 0.29) is 11.8 Å². The normalized spacial score (nSPS) is 10.2. The third-order valence-corrected chi connectivity index (χ3v) is 2.40. The van der Waals surface area contributed by atoms with Gasteiger partial charge in [0.25, 0.3) is 0 Å². The predicted octanol–water partition coefficient (Wildman–Crippen LogP) is 2.36. The van der Waals surface area contributed by atoms with Gasteiger partial charge in [-0.15, -0.1) is 0 Å². The van der Waals surface area contributed by atoms with Crippen LogP contribution in [0.2, 0.25) is 0 Å². The number of para-hydroxylation sites is 1. The Labute approximate surface area is 98.9 Å². The van der Waals surface area contributed by atoms with Gasteiger partial charge in [0, 0.05) is 12.7 Å². The Morgan fingerprint density at radius 2 is 2.06 bits per heavy atom. The summed E-state index contributed by atoms with van der Waals surface area (Å²) in [6.45, 7) is 2.52. The predicted molar refractivity (Wildman–Crippen MR) is 65.5 cm³/mol. The molecule has 0 fully saturated rings. The molecule has 0 radical (unpaired) electrons. The monoisotopic (exact) mass is 232 g/mol. The van der Waals surface area contributed by atoms with E-state index in [1.807, 2.05) is 6.92 Å². The van der Waals surface area contributed by atoms with E-state index >= 15 is 0 Å². The molecule has 2 rings (SSSR count). The molecular weight excluding hydrogens is 219 g/mol. The van der Waals surface area contributed by atoms with Gasteiger partial charge in [-0.3, -0.25) is 0 Å². The fraction of sp³-hybridized carbons (Fsp3) is 0.167. The molecule has 0 bridgehead atoms. The van der Waals surface area contributed by atoms with Crippen molar-refractivity contribution < 1.29 is 4.39 Å². The van der Waals surface area contributed by atoms with E-state index in [1.54, 1.807) is 35.4 Å². The molecule has 88 valence electrons. The molecule has 1 aromatic heterocycles. The van der Waals surface area contributed by atoms with E-state index in [0.29, 0.717) is 18.1 Å². The largest absolute Gasteiger partial charge is 0.368 e. The first-order valence-electron chi connectivity index (χ1n) is 5.33. The van der Waals surface area contributed by atoms with Crippen LogP contribution in [0.4, 0.5) is 21.8 Å². The minimum absolute atomic E-state index is 0.178. The van der Waals surface area contributed by atoms with Crippen molar-refractivity contribution in [1.29, 1.82) is 0 Å². The molecule has 17 heavy (non-hydrogen) atoms. The lowest BCUT2D eigenvalue weighted by Crippen LogP contribution is -2.19. The van der Waals surface area contributed by atoms with Crippen molar-refractivity contribution in [3.05, 3.63) is 42.3 Å². The summed E-state index contributed by atoms with van der Waals surface area (Å²) in [6.07, 6.45) is 1.56. The molecule has 1 aromatic carbocycles. The smallest absolute Gasteiger partial charge is 0.221 e. The molecule has 0 spiro atoms. The minimum atomic E-state index is -0.286. The van der Waals surface area contributed by atoms with Gasteiger partial charge >= 0.3 is 0 Å². The molecule has 2 aromatic rings. The molecular formula is C12H13FN4. The van der Waals surface area contributed by atoms with Crippen LogP contribution in [0.1, 0.15) is 6.92 Å². The van der Waals surface area contributed by atoms with E-state index in [1.165, 1.54) is 6.07 Å². The fourth-order valence-electron chi connectivity index (χ4n) is 1.64. The topological polar surface area (TPSA) is 55.0 Å². The van der Waals surface area contributed by atoms with Crippen LogP contribution in [0.5, 0.6) is 0 Å². The van der Waals surface area contributed by atoms with Gasteiger partial charge in [-0.1, -0.05) is 12.1 Å². The van der Waals surface area contributed by atoms with E-state index in [2.05, 4.69) is 9.97 Å². The molecule has 0 atom stereocenters. The van der Waals surface area contributed by atoms with Gasteiger partial charge in [-0.25, -0.2) is 9.37 Å². The van der Waals surface area contributed by atoms with Crippen molar-refractivity contribution in [2.75, 3.05) is 17.2 Å². The maximum Gasteiger partial charge on any atom is 0.221 e. The Bertz CT molecular complexity index is 515. The SMILES string of the molecule is CCN(c1ccnc(N)n1)c1ccccc1F. The van der Waals surface area contributed by atoms with Gasteiger partial charge in [0.05, 0.1) is 5.69 Å². The number of nitrogen functional groups attached to an aromatic ring is 1. The van der Waals surface area contributed by atoms with Crippen LogP contribution in [-0.2, 0) is 0 Å². The third-order valence-electron chi connectivity index (χ3n) is 2.40. The van der Waals surface area contributed by atoms with E-state index in [9.17, 15) is 4.39 Å². The summed E-state index contributed by atoms with van der Waals surface area (Å²) >= 11 is 0. The number of nitrogens with zero attached hydrogens (tertiary/aromatic N) is 3. The van der Waals surface area contributed by atoms with Crippen molar-refractivity contribution in [1.82, 2.24) is 9.97 Å². The molecule has 5 heteroatoms. The molecule has 0 aliphatic carbocycles. The Balaban J connectivity index is 2.44. The quantitative estimate of drug-likeness (QED) is 0.882.